The maximum Gasteiger partial charge on any atom is 0.415 e. The molecule has 7 nitrogen and oxygen atoms in total. The number of pyridine rings is 1. The molecular formula is C17H23N3O4S. The minimum absolute atomic E-state index is 0.00658. The van der Waals surface area contributed by atoms with Crippen LogP contribution in [0.2, 0.25) is 0 Å². The SMILES string of the molecule is CC(=O)SC1CC(=O)N(c2ccc(N(C)C(=O)OC(C)(C)C)nc2)C1. The van der Waals surface area contributed by atoms with Crippen molar-refractivity contribution in [2.24, 2.45) is 0 Å². The van der Waals surface area contributed by atoms with Gasteiger partial charge in [-0.3, -0.25) is 14.5 Å². The van der Waals surface area contributed by atoms with Gasteiger partial charge in [0.25, 0.3) is 0 Å². The minimum Gasteiger partial charge on any atom is -0.443 e. The number of aromatic nitrogens is 1. The van der Waals surface area contributed by atoms with Crippen LogP contribution in [0.4, 0.5) is 16.3 Å². The summed E-state index contributed by atoms with van der Waals surface area (Å²) in [7, 11) is 1.58. The lowest BCUT2D eigenvalue weighted by atomic mass is 10.2. The zero-order valence-electron chi connectivity index (χ0n) is 15.1. The third-order valence-electron chi connectivity index (χ3n) is 3.48. The molecule has 136 valence electrons. The summed E-state index contributed by atoms with van der Waals surface area (Å²) >= 11 is 1.19. The zero-order chi connectivity index (χ0) is 18.8. The van der Waals surface area contributed by atoms with Crippen LogP contribution in [0.1, 0.15) is 34.1 Å². The molecule has 0 bridgehead atoms. The Bertz CT molecular complexity index is 669. The second kappa shape index (κ2) is 7.43. The van der Waals surface area contributed by atoms with Gasteiger partial charge in [-0.15, -0.1) is 0 Å². The second-order valence-corrected chi connectivity index (χ2v) is 8.33. The van der Waals surface area contributed by atoms with Gasteiger partial charge in [0.2, 0.25) is 5.91 Å². The maximum atomic E-state index is 12.1. The van der Waals surface area contributed by atoms with Gasteiger partial charge in [0.15, 0.2) is 5.12 Å². The predicted octanol–water partition coefficient (Wildman–Crippen LogP) is 2.84. The van der Waals surface area contributed by atoms with Gasteiger partial charge in [-0.25, -0.2) is 9.78 Å². The van der Waals surface area contributed by atoms with Gasteiger partial charge in [0, 0.05) is 32.2 Å². The number of rotatable bonds is 3. The highest BCUT2D eigenvalue weighted by Crippen LogP contribution is 2.29. The second-order valence-electron chi connectivity index (χ2n) is 6.85. The first-order chi connectivity index (χ1) is 11.6. The monoisotopic (exact) mass is 365 g/mol. The van der Waals surface area contributed by atoms with E-state index in [1.807, 2.05) is 0 Å². The van der Waals surface area contributed by atoms with Crippen LogP contribution in [-0.4, -0.2) is 46.5 Å². The molecule has 2 amide bonds. The molecule has 0 spiro atoms. The topological polar surface area (TPSA) is 79.8 Å². The van der Waals surface area contributed by atoms with Crippen molar-refractivity contribution in [1.82, 2.24) is 4.98 Å². The molecule has 0 saturated carbocycles. The average molecular weight is 365 g/mol. The van der Waals surface area contributed by atoms with Gasteiger partial charge in [-0.1, -0.05) is 11.8 Å². The fraction of sp³-hybridized carbons (Fsp3) is 0.529. The van der Waals surface area contributed by atoms with E-state index in [-0.39, 0.29) is 16.3 Å². The van der Waals surface area contributed by atoms with Crippen LogP contribution in [-0.2, 0) is 14.3 Å². The zero-order valence-corrected chi connectivity index (χ0v) is 15.9. The number of ether oxygens (including phenoxy) is 1. The van der Waals surface area contributed by atoms with E-state index in [9.17, 15) is 14.4 Å². The quantitative estimate of drug-likeness (QED) is 0.819. The molecule has 0 radical (unpaired) electrons. The third-order valence-corrected chi connectivity index (χ3v) is 4.46. The molecule has 2 heterocycles. The van der Waals surface area contributed by atoms with Crippen LogP contribution in [0.3, 0.4) is 0 Å². The minimum atomic E-state index is -0.587. The van der Waals surface area contributed by atoms with Crippen molar-refractivity contribution in [3.05, 3.63) is 18.3 Å². The molecule has 1 aromatic rings. The van der Waals surface area contributed by atoms with Crippen LogP contribution in [0, 0.1) is 0 Å². The summed E-state index contributed by atoms with van der Waals surface area (Å²) in [5.41, 5.74) is 0.0643. The summed E-state index contributed by atoms with van der Waals surface area (Å²) < 4.78 is 5.30. The highest BCUT2D eigenvalue weighted by Gasteiger charge is 2.32. The largest absolute Gasteiger partial charge is 0.443 e. The van der Waals surface area contributed by atoms with Crippen LogP contribution < -0.4 is 9.80 Å². The molecule has 2 rings (SSSR count). The number of hydrogen-bond acceptors (Lipinski definition) is 6. The van der Waals surface area contributed by atoms with Crippen LogP contribution in [0.25, 0.3) is 0 Å². The number of carbonyl (C=O) groups excluding carboxylic acids is 3. The van der Waals surface area contributed by atoms with Gasteiger partial charge in [-0.05, 0) is 32.9 Å². The van der Waals surface area contributed by atoms with Crippen molar-refractivity contribution in [2.45, 2.75) is 45.0 Å². The number of thioether (sulfide) groups is 1. The first-order valence-corrected chi connectivity index (χ1v) is 8.85. The highest BCUT2D eigenvalue weighted by atomic mass is 32.2. The van der Waals surface area contributed by atoms with Crippen molar-refractivity contribution in [2.75, 3.05) is 23.4 Å². The molecule has 0 aliphatic carbocycles. The summed E-state index contributed by atoms with van der Waals surface area (Å²) in [6.45, 7) is 7.36. The van der Waals surface area contributed by atoms with Crippen molar-refractivity contribution < 1.29 is 19.1 Å². The number of hydrogen-bond donors (Lipinski definition) is 0. The van der Waals surface area contributed by atoms with E-state index in [2.05, 4.69) is 4.98 Å². The normalized spacial score (nSPS) is 17.6. The summed E-state index contributed by atoms with van der Waals surface area (Å²) in [5, 5.41) is -0.0266. The summed E-state index contributed by atoms with van der Waals surface area (Å²) in [5.74, 6) is 0.396. The van der Waals surface area contributed by atoms with E-state index in [1.54, 1.807) is 51.0 Å². The average Bonchev–Trinajstić information content (AvgIpc) is 2.84. The van der Waals surface area contributed by atoms with E-state index in [0.29, 0.717) is 24.5 Å². The van der Waals surface area contributed by atoms with Crippen molar-refractivity contribution in [3.8, 4) is 0 Å². The molecule has 0 aromatic carbocycles. The summed E-state index contributed by atoms with van der Waals surface area (Å²) in [4.78, 5) is 42.6. The molecule has 25 heavy (non-hydrogen) atoms. The number of nitrogens with zero attached hydrogens (tertiary/aromatic N) is 3. The fourth-order valence-corrected chi connectivity index (χ4v) is 3.32. The van der Waals surface area contributed by atoms with Gasteiger partial charge < -0.3 is 9.64 Å². The van der Waals surface area contributed by atoms with E-state index < -0.39 is 11.7 Å². The van der Waals surface area contributed by atoms with Gasteiger partial charge in [-0.2, -0.15) is 0 Å². The highest BCUT2D eigenvalue weighted by molar-refractivity contribution is 8.14. The van der Waals surface area contributed by atoms with Crippen molar-refractivity contribution >= 4 is 40.4 Å². The van der Waals surface area contributed by atoms with E-state index >= 15 is 0 Å². The predicted molar refractivity (Wildman–Crippen MR) is 97.9 cm³/mol. The van der Waals surface area contributed by atoms with Crippen LogP contribution >= 0.6 is 11.8 Å². The number of amides is 2. The van der Waals surface area contributed by atoms with E-state index in [1.165, 1.54) is 23.6 Å². The Hall–Kier alpha value is -2.09. The Kier molecular flexibility index (Phi) is 5.72. The van der Waals surface area contributed by atoms with Gasteiger partial charge in [0.1, 0.15) is 11.4 Å². The Balaban J connectivity index is 2.06. The molecule has 1 fully saturated rings. The Morgan fingerprint density at radius 2 is 2.04 bits per heavy atom. The van der Waals surface area contributed by atoms with Crippen molar-refractivity contribution in [3.63, 3.8) is 0 Å². The molecule has 1 aliphatic rings. The number of anilines is 2. The molecule has 1 aromatic heterocycles. The number of carbonyl (C=O) groups is 3. The molecule has 1 saturated heterocycles. The van der Waals surface area contributed by atoms with Crippen LogP contribution in [0.15, 0.2) is 18.3 Å². The molecule has 0 N–H and O–H groups in total. The molecule has 1 unspecified atom stereocenters. The molecule has 8 heteroatoms. The lowest BCUT2D eigenvalue weighted by Crippen LogP contribution is -2.34. The smallest absolute Gasteiger partial charge is 0.415 e. The lowest BCUT2D eigenvalue weighted by Gasteiger charge is -2.24. The lowest BCUT2D eigenvalue weighted by molar-refractivity contribution is -0.117. The maximum absolute atomic E-state index is 12.1. The molecular weight excluding hydrogens is 342 g/mol. The first kappa shape index (κ1) is 19.2. The Labute approximate surface area is 151 Å². The summed E-state index contributed by atoms with van der Waals surface area (Å²) in [6.07, 6.45) is 1.39. The Morgan fingerprint density at radius 1 is 1.36 bits per heavy atom. The third kappa shape index (κ3) is 5.19. The fourth-order valence-electron chi connectivity index (χ4n) is 2.40. The first-order valence-electron chi connectivity index (χ1n) is 7.97. The Morgan fingerprint density at radius 3 is 2.56 bits per heavy atom. The van der Waals surface area contributed by atoms with Gasteiger partial charge >= 0.3 is 6.09 Å². The summed E-state index contributed by atoms with van der Waals surface area (Å²) in [6, 6.07) is 3.40. The van der Waals surface area contributed by atoms with Gasteiger partial charge in [0.05, 0.1) is 11.9 Å². The van der Waals surface area contributed by atoms with Crippen molar-refractivity contribution in [1.29, 1.82) is 0 Å². The van der Waals surface area contributed by atoms with E-state index in [4.69, 9.17) is 4.74 Å². The molecule has 1 aliphatic heterocycles. The molecule has 1 atom stereocenters. The van der Waals surface area contributed by atoms with Crippen LogP contribution in [0.5, 0.6) is 0 Å². The van der Waals surface area contributed by atoms with E-state index in [0.717, 1.165) is 0 Å². The standard InChI is InChI=1S/C17H23N3O4S/c1-11(21)25-13-8-15(22)20(10-13)12-6-7-14(18-9-12)19(5)16(23)24-17(2,3)4/h6-7,9,13H,8,10H2,1-5H3.